The number of aromatic nitrogens is 2. The molecule has 0 saturated carbocycles. The van der Waals surface area contributed by atoms with Crippen molar-refractivity contribution in [1.82, 2.24) is 15.1 Å². The van der Waals surface area contributed by atoms with Crippen LogP contribution in [0.3, 0.4) is 0 Å². The summed E-state index contributed by atoms with van der Waals surface area (Å²) in [5.74, 6) is -0.377. The summed E-state index contributed by atoms with van der Waals surface area (Å²) in [4.78, 5) is 12.0. The van der Waals surface area contributed by atoms with Crippen LogP contribution in [0.25, 0.3) is 5.69 Å². The number of aryl methyl sites for hydroxylation is 2. The number of hydrogen-bond donors (Lipinski definition) is 1. The third kappa shape index (κ3) is 3.90. The Morgan fingerprint density at radius 2 is 2.12 bits per heavy atom. The Balaban J connectivity index is 1.85. The molecule has 0 aliphatic carbocycles. The smallest absolute Gasteiger partial charge is 0.368 e. The molecule has 1 saturated heterocycles. The molecular formula is C18H20F3N3O2. The number of rotatable bonds is 4. The van der Waals surface area contributed by atoms with E-state index in [4.69, 9.17) is 4.74 Å². The molecule has 0 unspecified atom stereocenters. The van der Waals surface area contributed by atoms with Gasteiger partial charge in [-0.1, -0.05) is 6.07 Å². The monoisotopic (exact) mass is 367 g/mol. The van der Waals surface area contributed by atoms with Gasteiger partial charge in [-0.15, -0.1) is 0 Å². The van der Waals surface area contributed by atoms with E-state index in [1.807, 2.05) is 0 Å². The number of hydrogen-bond acceptors (Lipinski definition) is 3. The van der Waals surface area contributed by atoms with Crippen LogP contribution in [-0.2, 0) is 22.3 Å². The zero-order valence-electron chi connectivity index (χ0n) is 14.6. The van der Waals surface area contributed by atoms with Gasteiger partial charge in [0.15, 0.2) is 0 Å². The average Bonchev–Trinajstić information content (AvgIpc) is 3.21. The molecule has 1 aliphatic heterocycles. The highest BCUT2D eigenvalue weighted by Gasteiger charge is 2.34. The highest BCUT2D eigenvalue weighted by atomic mass is 19.4. The zero-order valence-corrected chi connectivity index (χ0v) is 14.6. The summed E-state index contributed by atoms with van der Waals surface area (Å²) >= 11 is 0. The number of amides is 1. The zero-order chi connectivity index (χ0) is 18.9. The van der Waals surface area contributed by atoms with Crippen molar-refractivity contribution in [2.45, 2.75) is 45.5 Å². The van der Waals surface area contributed by atoms with Gasteiger partial charge < -0.3 is 10.1 Å². The summed E-state index contributed by atoms with van der Waals surface area (Å²) in [6.07, 6.45) is -3.73. The quantitative estimate of drug-likeness (QED) is 0.902. The topological polar surface area (TPSA) is 56.2 Å². The molecule has 2 heterocycles. The van der Waals surface area contributed by atoms with E-state index >= 15 is 0 Å². The fourth-order valence-electron chi connectivity index (χ4n) is 3.09. The third-order valence-electron chi connectivity index (χ3n) is 4.33. The van der Waals surface area contributed by atoms with Crippen LogP contribution in [0.5, 0.6) is 0 Å². The number of halogens is 3. The van der Waals surface area contributed by atoms with E-state index in [2.05, 4.69) is 10.4 Å². The molecule has 1 aromatic heterocycles. The van der Waals surface area contributed by atoms with Crippen molar-refractivity contribution in [3.8, 4) is 5.69 Å². The maximum atomic E-state index is 13.5. The lowest BCUT2D eigenvalue weighted by Crippen LogP contribution is -2.34. The molecule has 0 bridgehead atoms. The van der Waals surface area contributed by atoms with E-state index in [1.165, 1.54) is 10.7 Å². The first-order valence-corrected chi connectivity index (χ1v) is 8.39. The number of carbonyl (C=O) groups excluding carboxylic acids is 1. The number of alkyl halides is 3. The molecule has 2 aromatic rings. The van der Waals surface area contributed by atoms with Crippen LogP contribution in [0.2, 0.25) is 0 Å². The lowest BCUT2D eigenvalue weighted by molar-refractivity contribution is -0.138. The Labute approximate surface area is 149 Å². The van der Waals surface area contributed by atoms with E-state index in [0.29, 0.717) is 18.7 Å². The van der Waals surface area contributed by atoms with Gasteiger partial charge in [-0.3, -0.25) is 4.79 Å². The van der Waals surface area contributed by atoms with Crippen molar-refractivity contribution in [2.24, 2.45) is 0 Å². The molecule has 1 amide bonds. The van der Waals surface area contributed by atoms with Crippen molar-refractivity contribution < 1.29 is 22.7 Å². The molecule has 1 fully saturated rings. The third-order valence-corrected chi connectivity index (χ3v) is 4.33. The second kappa shape index (κ2) is 7.11. The Kier molecular flexibility index (Phi) is 5.04. The molecule has 8 heteroatoms. The molecule has 3 rings (SSSR count). The molecule has 1 aliphatic rings. The van der Waals surface area contributed by atoms with E-state index in [1.54, 1.807) is 26.0 Å². The lowest BCUT2D eigenvalue weighted by Gasteiger charge is -2.17. The molecule has 0 spiro atoms. The standard InChI is InChI=1S/C18H20F3N3O2/c1-11-8-12(2)24(23-11)14-6-5-13(15(9-14)18(19,20)21)10-22-17(25)16-4-3-7-26-16/h5-6,8-9,16H,3-4,7,10H2,1-2H3,(H,22,25)/t16-/m1/s1. The minimum Gasteiger partial charge on any atom is -0.368 e. The fraction of sp³-hybridized carbons (Fsp3) is 0.444. The average molecular weight is 367 g/mol. The number of ether oxygens (including phenoxy) is 1. The molecule has 1 atom stereocenters. The predicted molar refractivity (Wildman–Crippen MR) is 88.9 cm³/mol. The highest BCUT2D eigenvalue weighted by molar-refractivity contribution is 5.81. The van der Waals surface area contributed by atoms with Crippen LogP contribution in [-0.4, -0.2) is 28.4 Å². The minimum atomic E-state index is -4.53. The van der Waals surface area contributed by atoms with Gasteiger partial charge in [-0.25, -0.2) is 4.68 Å². The maximum Gasteiger partial charge on any atom is 0.416 e. The Morgan fingerprint density at radius 1 is 1.35 bits per heavy atom. The number of nitrogens with zero attached hydrogens (tertiary/aromatic N) is 2. The predicted octanol–water partition coefficient (Wildman–Crippen LogP) is 3.30. The maximum absolute atomic E-state index is 13.5. The Morgan fingerprint density at radius 3 is 2.69 bits per heavy atom. The summed E-state index contributed by atoms with van der Waals surface area (Å²) in [6, 6.07) is 5.81. The summed E-state index contributed by atoms with van der Waals surface area (Å²) in [7, 11) is 0. The second-order valence-corrected chi connectivity index (χ2v) is 6.40. The Bertz CT molecular complexity index is 808. The van der Waals surface area contributed by atoms with E-state index in [0.717, 1.165) is 23.9 Å². The number of carbonyl (C=O) groups is 1. The molecule has 1 N–H and O–H groups in total. The minimum absolute atomic E-state index is 0.00845. The van der Waals surface area contributed by atoms with Gasteiger partial charge in [-0.2, -0.15) is 18.3 Å². The first-order chi connectivity index (χ1) is 12.3. The second-order valence-electron chi connectivity index (χ2n) is 6.40. The summed E-state index contributed by atoms with van der Waals surface area (Å²) < 4.78 is 47.2. The van der Waals surface area contributed by atoms with Gasteiger partial charge in [0.25, 0.3) is 0 Å². The molecule has 1 aromatic carbocycles. The lowest BCUT2D eigenvalue weighted by atomic mass is 10.1. The van der Waals surface area contributed by atoms with Gasteiger partial charge in [0.2, 0.25) is 5.91 Å². The van der Waals surface area contributed by atoms with Crippen LogP contribution in [0.1, 0.15) is 35.4 Å². The van der Waals surface area contributed by atoms with Crippen LogP contribution in [0.4, 0.5) is 13.2 Å². The largest absolute Gasteiger partial charge is 0.416 e. The van der Waals surface area contributed by atoms with E-state index in [-0.39, 0.29) is 18.0 Å². The fourth-order valence-corrected chi connectivity index (χ4v) is 3.09. The normalized spacial score (nSPS) is 17.5. The molecule has 26 heavy (non-hydrogen) atoms. The molecule has 5 nitrogen and oxygen atoms in total. The summed E-state index contributed by atoms with van der Waals surface area (Å²) in [5, 5.41) is 6.76. The van der Waals surface area contributed by atoms with Gasteiger partial charge in [0.05, 0.1) is 16.9 Å². The highest BCUT2D eigenvalue weighted by Crippen LogP contribution is 2.33. The first kappa shape index (κ1) is 18.4. The molecular weight excluding hydrogens is 347 g/mol. The van der Waals surface area contributed by atoms with Crippen LogP contribution >= 0.6 is 0 Å². The van der Waals surface area contributed by atoms with E-state index < -0.39 is 17.8 Å². The number of benzene rings is 1. The number of nitrogens with one attached hydrogen (secondary N) is 1. The SMILES string of the molecule is Cc1cc(C)n(-c2ccc(CNC(=O)[C@H]3CCCO3)c(C(F)(F)F)c2)n1. The summed E-state index contributed by atoms with van der Waals surface area (Å²) in [6.45, 7) is 3.86. The van der Waals surface area contributed by atoms with Gasteiger partial charge >= 0.3 is 6.18 Å². The van der Waals surface area contributed by atoms with Crippen molar-refractivity contribution in [3.05, 3.63) is 46.8 Å². The van der Waals surface area contributed by atoms with Crippen molar-refractivity contribution in [1.29, 1.82) is 0 Å². The molecule has 140 valence electrons. The van der Waals surface area contributed by atoms with E-state index in [9.17, 15) is 18.0 Å². The van der Waals surface area contributed by atoms with Crippen LogP contribution < -0.4 is 5.32 Å². The van der Waals surface area contributed by atoms with Crippen molar-refractivity contribution in [2.75, 3.05) is 6.61 Å². The van der Waals surface area contributed by atoms with Gasteiger partial charge in [-0.05, 0) is 50.5 Å². The van der Waals surface area contributed by atoms with Crippen molar-refractivity contribution in [3.63, 3.8) is 0 Å². The van der Waals surface area contributed by atoms with Gasteiger partial charge in [0.1, 0.15) is 6.10 Å². The Hall–Kier alpha value is -2.35. The van der Waals surface area contributed by atoms with Gasteiger partial charge in [0, 0.05) is 18.8 Å². The molecule has 0 radical (unpaired) electrons. The van der Waals surface area contributed by atoms with Crippen molar-refractivity contribution >= 4 is 5.91 Å². The summed E-state index contributed by atoms with van der Waals surface area (Å²) in [5.41, 5.74) is 1.03. The first-order valence-electron chi connectivity index (χ1n) is 8.39. The van der Waals surface area contributed by atoms with Crippen LogP contribution in [0.15, 0.2) is 24.3 Å². The van der Waals surface area contributed by atoms with Crippen LogP contribution in [0, 0.1) is 13.8 Å².